The Bertz CT molecular complexity index is 738. The number of aromatic carboxylic acids is 1. The zero-order chi connectivity index (χ0) is 15.6. The number of hydrogen-bond donors (Lipinski definition) is 2. The molecule has 2 aromatic rings. The van der Waals surface area contributed by atoms with Crippen LogP contribution in [0.15, 0.2) is 30.5 Å². The molecular weight excluding hydrogens is 305 g/mol. The second-order valence-electron chi connectivity index (χ2n) is 3.90. The maximum Gasteiger partial charge on any atom is 0.342 e. The summed E-state index contributed by atoms with van der Waals surface area (Å²) in [5.41, 5.74) is -0.857. The number of nitrogens with one attached hydrogen (secondary N) is 1. The van der Waals surface area contributed by atoms with Crippen LogP contribution in [0.5, 0.6) is 0 Å². The van der Waals surface area contributed by atoms with Gasteiger partial charge in [-0.1, -0.05) is 11.6 Å². The quantitative estimate of drug-likeness (QED) is 0.663. The van der Waals surface area contributed by atoms with Crippen LogP contribution in [-0.4, -0.2) is 21.0 Å². The van der Waals surface area contributed by atoms with Gasteiger partial charge in [0.15, 0.2) is 0 Å². The topological polar surface area (TPSA) is 105 Å². The lowest BCUT2D eigenvalue weighted by Gasteiger charge is -2.08. The monoisotopic (exact) mass is 311 g/mol. The third-order valence-corrected chi connectivity index (χ3v) is 2.82. The number of aromatic nitrogens is 1. The number of halogens is 2. The van der Waals surface area contributed by atoms with Gasteiger partial charge in [-0.3, -0.25) is 10.1 Å². The molecule has 1 heterocycles. The molecule has 0 fully saturated rings. The van der Waals surface area contributed by atoms with Crippen LogP contribution < -0.4 is 5.32 Å². The van der Waals surface area contributed by atoms with E-state index in [0.717, 1.165) is 24.4 Å². The SMILES string of the molecule is O=C(O)c1cc(Nc2ccc(F)cc2Cl)ncc1[N+](=O)[O-]. The number of pyridine rings is 1. The van der Waals surface area contributed by atoms with E-state index in [0.29, 0.717) is 0 Å². The number of nitrogens with zero attached hydrogens (tertiary/aromatic N) is 2. The molecule has 2 N–H and O–H groups in total. The molecule has 0 aliphatic heterocycles. The number of anilines is 2. The van der Waals surface area contributed by atoms with Crippen molar-refractivity contribution >= 4 is 34.8 Å². The largest absolute Gasteiger partial charge is 0.477 e. The predicted octanol–water partition coefficient (Wildman–Crippen LogP) is 3.22. The Hall–Kier alpha value is -2.74. The van der Waals surface area contributed by atoms with E-state index in [2.05, 4.69) is 10.3 Å². The fraction of sp³-hybridized carbons (Fsp3) is 0. The maximum absolute atomic E-state index is 12.9. The third kappa shape index (κ3) is 3.23. The standard InChI is InChI=1S/C12H7ClFN3O4/c13-8-3-6(14)1-2-9(8)16-11-4-7(12(18)19)10(5-15-11)17(20)21/h1-5H,(H,15,16)(H,18,19). The van der Waals surface area contributed by atoms with Crippen molar-refractivity contribution in [2.45, 2.75) is 0 Å². The summed E-state index contributed by atoms with van der Waals surface area (Å²) in [6.07, 6.45) is 0.823. The minimum absolute atomic E-state index is 0.0338. The zero-order valence-corrected chi connectivity index (χ0v) is 11.0. The van der Waals surface area contributed by atoms with Gasteiger partial charge >= 0.3 is 11.7 Å². The van der Waals surface area contributed by atoms with Gasteiger partial charge in [-0.2, -0.15) is 0 Å². The molecule has 0 spiro atoms. The van der Waals surface area contributed by atoms with Crippen molar-refractivity contribution in [3.05, 3.63) is 57.0 Å². The van der Waals surface area contributed by atoms with E-state index < -0.39 is 28.0 Å². The van der Waals surface area contributed by atoms with Crippen molar-refractivity contribution < 1.29 is 19.2 Å². The van der Waals surface area contributed by atoms with Crippen LogP contribution >= 0.6 is 11.6 Å². The molecule has 0 unspecified atom stereocenters. The Morgan fingerprint density at radius 3 is 2.71 bits per heavy atom. The van der Waals surface area contributed by atoms with E-state index in [1.165, 1.54) is 6.07 Å². The average Bonchev–Trinajstić information content (AvgIpc) is 2.41. The molecular formula is C12H7ClFN3O4. The number of benzene rings is 1. The first-order valence-electron chi connectivity index (χ1n) is 5.48. The van der Waals surface area contributed by atoms with Gasteiger partial charge < -0.3 is 10.4 Å². The summed E-state index contributed by atoms with van der Waals surface area (Å²) in [6.45, 7) is 0. The highest BCUT2D eigenvalue weighted by molar-refractivity contribution is 6.33. The van der Waals surface area contributed by atoms with E-state index >= 15 is 0 Å². The van der Waals surface area contributed by atoms with Crippen LogP contribution in [0.1, 0.15) is 10.4 Å². The van der Waals surface area contributed by atoms with E-state index in [4.69, 9.17) is 16.7 Å². The number of nitro groups is 1. The summed E-state index contributed by atoms with van der Waals surface area (Å²) in [5.74, 6) is -1.96. The molecule has 1 aromatic carbocycles. The highest BCUT2D eigenvalue weighted by Crippen LogP contribution is 2.27. The maximum atomic E-state index is 12.9. The predicted molar refractivity (Wildman–Crippen MR) is 72.5 cm³/mol. The Balaban J connectivity index is 2.39. The second-order valence-corrected chi connectivity index (χ2v) is 4.31. The lowest BCUT2D eigenvalue weighted by atomic mass is 10.2. The van der Waals surface area contributed by atoms with Gasteiger partial charge in [0.2, 0.25) is 0 Å². The lowest BCUT2D eigenvalue weighted by Crippen LogP contribution is -2.05. The molecule has 0 bridgehead atoms. The van der Waals surface area contributed by atoms with E-state index in [9.17, 15) is 19.3 Å². The molecule has 7 nitrogen and oxygen atoms in total. The summed E-state index contributed by atoms with van der Waals surface area (Å²) in [5, 5.41) is 22.4. The summed E-state index contributed by atoms with van der Waals surface area (Å²) in [4.78, 5) is 24.6. The first-order chi connectivity index (χ1) is 9.88. The fourth-order valence-electron chi connectivity index (χ4n) is 1.56. The fourth-order valence-corrected chi connectivity index (χ4v) is 1.78. The van der Waals surface area contributed by atoms with Gasteiger partial charge in [0.25, 0.3) is 0 Å². The first-order valence-corrected chi connectivity index (χ1v) is 5.86. The molecule has 9 heteroatoms. The van der Waals surface area contributed by atoms with Crippen LogP contribution in [0.3, 0.4) is 0 Å². The molecule has 2 rings (SSSR count). The van der Waals surface area contributed by atoms with Gasteiger partial charge in [0.05, 0.1) is 15.6 Å². The molecule has 1 aromatic heterocycles. The highest BCUT2D eigenvalue weighted by atomic mass is 35.5. The Morgan fingerprint density at radius 2 is 2.14 bits per heavy atom. The van der Waals surface area contributed by atoms with Gasteiger partial charge in [0.1, 0.15) is 23.4 Å². The first kappa shape index (κ1) is 14.7. The molecule has 108 valence electrons. The molecule has 0 amide bonds. The molecule has 0 aliphatic carbocycles. The Morgan fingerprint density at radius 1 is 1.43 bits per heavy atom. The van der Waals surface area contributed by atoms with Crippen molar-refractivity contribution in [3.8, 4) is 0 Å². The van der Waals surface area contributed by atoms with Crippen molar-refractivity contribution in [1.29, 1.82) is 0 Å². The molecule has 0 atom stereocenters. The molecule has 21 heavy (non-hydrogen) atoms. The molecule has 0 aliphatic rings. The van der Waals surface area contributed by atoms with Crippen molar-refractivity contribution in [2.75, 3.05) is 5.32 Å². The normalized spacial score (nSPS) is 10.2. The minimum Gasteiger partial charge on any atom is -0.477 e. The van der Waals surface area contributed by atoms with Crippen molar-refractivity contribution in [2.24, 2.45) is 0 Å². The number of hydrogen-bond acceptors (Lipinski definition) is 5. The van der Waals surface area contributed by atoms with Gasteiger partial charge in [-0.15, -0.1) is 0 Å². The highest BCUT2D eigenvalue weighted by Gasteiger charge is 2.21. The zero-order valence-electron chi connectivity index (χ0n) is 10.2. The van der Waals surface area contributed by atoms with Crippen LogP contribution in [0.25, 0.3) is 0 Å². The second kappa shape index (κ2) is 5.71. The number of carboxylic acid groups (broad SMARTS) is 1. The lowest BCUT2D eigenvalue weighted by molar-refractivity contribution is -0.385. The molecule has 0 saturated carbocycles. The van der Waals surface area contributed by atoms with Crippen LogP contribution in [0.4, 0.5) is 21.6 Å². The summed E-state index contributed by atoms with van der Waals surface area (Å²) in [7, 11) is 0. The van der Waals surface area contributed by atoms with Crippen molar-refractivity contribution in [3.63, 3.8) is 0 Å². The molecule has 0 radical (unpaired) electrons. The van der Waals surface area contributed by atoms with Crippen LogP contribution in [0.2, 0.25) is 5.02 Å². The van der Waals surface area contributed by atoms with Crippen LogP contribution in [0, 0.1) is 15.9 Å². The number of carboxylic acids is 1. The third-order valence-electron chi connectivity index (χ3n) is 2.50. The van der Waals surface area contributed by atoms with E-state index in [-0.39, 0.29) is 16.5 Å². The van der Waals surface area contributed by atoms with Crippen molar-refractivity contribution in [1.82, 2.24) is 4.98 Å². The Labute approximate surface area is 122 Å². The van der Waals surface area contributed by atoms with E-state index in [1.807, 2.05) is 0 Å². The summed E-state index contributed by atoms with van der Waals surface area (Å²) < 4.78 is 12.9. The minimum atomic E-state index is -1.46. The van der Waals surface area contributed by atoms with Gasteiger partial charge in [-0.25, -0.2) is 14.2 Å². The van der Waals surface area contributed by atoms with Gasteiger partial charge in [0, 0.05) is 6.07 Å². The van der Waals surface area contributed by atoms with E-state index in [1.54, 1.807) is 0 Å². The number of carbonyl (C=O) groups is 1. The summed E-state index contributed by atoms with van der Waals surface area (Å²) in [6, 6.07) is 4.55. The average molecular weight is 312 g/mol. The summed E-state index contributed by atoms with van der Waals surface area (Å²) >= 11 is 5.81. The van der Waals surface area contributed by atoms with Gasteiger partial charge in [-0.05, 0) is 18.2 Å². The number of rotatable bonds is 4. The Kier molecular flexibility index (Phi) is 3.99. The van der Waals surface area contributed by atoms with Crippen LogP contribution in [-0.2, 0) is 0 Å². The smallest absolute Gasteiger partial charge is 0.342 e. The molecule has 0 saturated heterocycles.